The maximum Gasteiger partial charge on any atom is 0.221 e. The molecule has 1 aromatic carbocycles. The SMILES string of the molecule is Cc1ccc(-n2nnn(CN(C)[C@H]3CCS(=O)(=O)C3)c2=S)c(C)c1. The largest absolute Gasteiger partial charge is 0.283 e. The first-order chi connectivity index (χ1) is 11.3. The first-order valence-corrected chi connectivity index (χ1v) is 10.0. The van der Waals surface area contributed by atoms with Crippen LogP contribution < -0.4 is 0 Å². The molecule has 0 N–H and O–H groups in total. The van der Waals surface area contributed by atoms with E-state index in [9.17, 15) is 8.42 Å². The van der Waals surface area contributed by atoms with Crippen molar-refractivity contribution in [3.63, 3.8) is 0 Å². The van der Waals surface area contributed by atoms with Crippen LogP contribution in [0.2, 0.25) is 0 Å². The number of benzene rings is 1. The molecule has 0 saturated carbocycles. The molecule has 3 rings (SSSR count). The Labute approximate surface area is 146 Å². The number of aromatic nitrogens is 4. The van der Waals surface area contributed by atoms with Crippen LogP contribution in [0.15, 0.2) is 18.2 Å². The highest BCUT2D eigenvalue weighted by Gasteiger charge is 2.30. The zero-order valence-corrected chi connectivity index (χ0v) is 15.6. The highest BCUT2D eigenvalue weighted by Crippen LogP contribution is 2.18. The van der Waals surface area contributed by atoms with E-state index in [0.717, 1.165) is 11.3 Å². The predicted molar refractivity (Wildman–Crippen MR) is 94.5 cm³/mol. The van der Waals surface area contributed by atoms with Gasteiger partial charge in [-0.15, -0.1) is 0 Å². The van der Waals surface area contributed by atoms with Gasteiger partial charge in [-0.1, -0.05) is 17.7 Å². The average Bonchev–Trinajstić information content (AvgIpc) is 3.03. The van der Waals surface area contributed by atoms with Gasteiger partial charge in [0.15, 0.2) is 9.84 Å². The van der Waals surface area contributed by atoms with Crippen molar-refractivity contribution in [2.75, 3.05) is 18.6 Å². The lowest BCUT2D eigenvalue weighted by Gasteiger charge is -2.22. The molecule has 9 heteroatoms. The summed E-state index contributed by atoms with van der Waals surface area (Å²) in [5, 5.41) is 8.30. The smallest absolute Gasteiger partial charge is 0.221 e. The van der Waals surface area contributed by atoms with Gasteiger partial charge in [-0.05, 0) is 61.6 Å². The van der Waals surface area contributed by atoms with Crippen LogP contribution in [0.1, 0.15) is 17.5 Å². The van der Waals surface area contributed by atoms with E-state index in [1.165, 1.54) is 5.56 Å². The van der Waals surface area contributed by atoms with Gasteiger partial charge < -0.3 is 0 Å². The molecule has 0 spiro atoms. The van der Waals surface area contributed by atoms with Crippen LogP contribution in [0.3, 0.4) is 0 Å². The third kappa shape index (κ3) is 3.42. The molecule has 24 heavy (non-hydrogen) atoms. The van der Waals surface area contributed by atoms with E-state index in [4.69, 9.17) is 12.2 Å². The third-order valence-corrected chi connectivity index (χ3v) is 6.54. The van der Waals surface area contributed by atoms with Crippen LogP contribution in [0.25, 0.3) is 5.69 Å². The number of tetrazole rings is 1. The van der Waals surface area contributed by atoms with Gasteiger partial charge in [-0.2, -0.15) is 4.68 Å². The quantitative estimate of drug-likeness (QED) is 0.763. The predicted octanol–water partition coefficient (Wildman–Crippen LogP) is 1.49. The van der Waals surface area contributed by atoms with Gasteiger partial charge in [0.2, 0.25) is 4.77 Å². The van der Waals surface area contributed by atoms with Gasteiger partial charge in [-0.3, -0.25) is 4.90 Å². The summed E-state index contributed by atoms with van der Waals surface area (Å²) in [6.45, 7) is 4.47. The fourth-order valence-electron chi connectivity index (χ4n) is 3.01. The summed E-state index contributed by atoms with van der Waals surface area (Å²) in [4.78, 5) is 1.97. The molecule has 0 radical (unpaired) electrons. The van der Waals surface area contributed by atoms with E-state index < -0.39 is 9.84 Å². The first-order valence-electron chi connectivity index (χ1n) is 7.78. The van der Waals surface area contributed by atoms with Gasteiger partial charge in [0.05, 0.1) is 23.9 Å². The fourth-order valence-corrected chi connectivity index (χ4v) is 5.04. The van der Waals surface area contributed by atoms with E-state index in [1.54, 1.807) is 9.36 Å². The summed E-state index contributed by atoms with van der Waals surface area (Å²) in [6.07, 6.45) is 0.650. The van der Waals surface area contributed by atoms with E-state index in [-0.39, 0.29) is 17.5 Å². The Balaban J connectivity index is 1.82. The number of hydrogen-bond acceptors (Lipinski definition) is 6. The maximum absolute atomic E-state index is 11.6. The van der Waals surface area contributed by atoms with Crippen LogP contribution in [0.5, 0.6) is 0 Å². The van der Waals surface area contributed by atoms with Crippen molar-refractivity contribution in [2.45, 2.75) is 33.0 Å². The minimum atomic E-state index is -2.91. The number of hydrogen-bond donors (Lipinski definition) is 0. The van der Waals surface area contributed by atoms with Crippen LogP contribution in [0, 0.1) is 18.6 Å². The monoisotopic (exact) mass is 367 g/mol. The minimum absolute atomic E-state index is 0.00293. The van der Waals surface area contributed by atoms with Crippen LogP contribution in [-0.2, 0) is 16.5 Å². The number of aryl methyl sites for hydroxylation is 2. The Morgan fingerprint density at radius 3 is 2.71 bits per heavy atom. The summed E-state index contributed by atoms with van der Waals surface area (Å²) < 4.78 is 27.0. The van der Waals surface area contributed by atoms with Crippen molar-refractivity contribution in [2.24, 2.45) is 0 Å². The molecular weight excluding hydrogens is 346 g/mol. The van der Waals surface area contributed by atoms with Gasteiger partial charge in [-0.25, -0.2) is 13.1 Å². The molecule has 0 amide bonds. The van der Waals surface area contributed by atoms with Crippen molar-refractivity contribution in [3.8, 4) is 5.69 Å². The highest BCUT2D eigenvalue weighted by atomic mass is 32.2. The normalized spacial score (nSPS) is 19.9. The lowest BCUT2D eigenvalue weighted by molar-refractivity contribution is 0.195. The van der Waals surface area contributed by atoms with Gasteiger partial charge in [0.1, 0.15) is 0 Å². The van der Waals surface area contributed by atoms with Crippen LogP contribution in [-0.4, -0.2) is 57.7 Å². The van der Waals surface area contributed by atoms with E-state index >= 15 is 0 Å². The number of rotatable bonds is 4. The molecule has 1 aliphatic heterocycles. The molecule has 1 fully saturated rings. The van der Waals surface area contributed by atoms with Gasteiger partial charge >= 0.3 is 0 Å². The summed E-state index contributed by atoms with van der Waals surface area (Å²) in [5.41, 5.74) is 3.16. The summed E-state index contributed by atoms with van der Waals surface area (Å²) >= 11 is 5.49. The van der Waals surface area contributed by atoms with Crippen molar-refractivity contribution >= 4 is 22.1 Å². The van der Waals surface area contributed by atoms with Crippen molar-refractivity contribution in [1.82, 2.24) is 24.7 Å². The van der Waals surface area contributed by atoms with Crippen molar-refractivity contribution < 1.29 is 8.42 Å². The second kappa shape index (κ2) is 6.38. The van der Waals surface area contributed by atoms with Crippen LogP contribution >= 0.6 is 12.2 Å². The van der Waals surface area contributed by atoms with E-state index in [0.29, 0.717) is 17.9 Å². The standard InChI is InChI=1S/C15H21N5O2S2/c1-11-4-5-14(12(2)8-11)20-15(23)19(16-17-20)10-18(3)13-6-7-24(21,22)9-13/h4-5,8,13H,6-7,9-10H2,1-3H3/t13-/m0/s1. The highest BCUT2D eigenvalue weighted by molar-refractivity contribution is 7.91. The molecule has 1 aliphatic rings. The fraction of sp³-hybridized carbons (Fsp3) is 0.533. The Kier molecular flexibility index (Phi) is 4.58. The van der Waals surface area contributed by atoms with Crippen molar-refractivity contribution in [1.29, 1.82) is 0 Å². The lowest BCUT2D eigenvalue weighted by atomic mass is 10.1. The molecule has 0 aliphatic carbocycles. The topological polar surface area (TPSA) is 73.0 Å². The average molecular weight is 368 g/mol. The zero-order valence-electron chi connectivity index (χ0n) is 14.0. The lowest BCUT2D eigenvalue weighted by Crippen LogP contribution is -2.34. The summed E-state index contributed by atoms with van der Waals surface area (Å²) in [5.74, 6) is 0.449. The Morgan fingerprint density at radius 1 is 1.33 bits per heavy atom. The van der Waals surface area contributed by atoms with E-state index in [1.807, 2.05) is 37.9 Å². The van der Waals surface area contributed by atoms with Gasteiger partial charge in [0, 0.05) is 6.04 Å². The first kappa shape index (κ1) is 17.2. The molecular formula is C15H21N5O2S2. The molecule has 2 heterocycles. The molecule has 1 aromatic heterocycles. The van der Waals surface area contributed by atoms with E-state index in [2.05, 4.69) is 16.5 Å². The molecule has 7 nitrogen and oxygen atoms in total. The second-order valence-corrected chi connectivity index (χ2v) is 9.01. The second-order valence-electron chi connectivity index (χ2n) is 6.42. The number of nitrogens with zero attached hydrogens (tertiary/aromatic N) is 5. The molecule has 1 saturated heterocycles. The van der Waals surface area contributed by atoms with Crippen molar-refractivity contribution in [3.05, 3.63) is 34.1 Å². The Hall–Kier alpha value is -1.58. The van der Waals surface area contributed by atoms with Gasteiger partial charge in [0.25, 0.3) is 0 Å². The summed E-state index contributed by atoms with van der Waals surface area (Å²) in [6, 6.07) is 6.07. The molecule has 2 aromatic rings. The maximum atomic E-state index is 11.6. The molecule has 0 bridgehead atoms. The zero-order chi connectivity index (χ0) is 17.5. The third-order valence-electron chi connectivity index (χ3n) is 4.41. The number of sulfone groups is 1. The molecule has 0 unspecified atom stereocenters. The molecule has 1 atom stereocenters. The Bertz CT molecular complexity index is 916. The minimum Gasteiger partial charge on any atom is -0.283 e. The molecule has 130 valence electrons. The Morgan fingerprint density at radius 2 is 2.08 bits per heavy atom. The van der Waals surface area contributed by atoms with Crippen LogP contribution in [0.4, 0.5) is 0 Å². The summed E-state index contributed by atoms with van der Waals surface area (Å²) in [7, 11) is -1.02.